The van der Waals surface area contributed by atoms with Gasteiger partial charge in [0.1, 0.15) is 12.4 Å². The first-order chi connectivity index (χ1) is 13.0. The van der Waals surface area contributed by atoms with Crippen molar-refractivity contribution < 1.29 is 14.3 Å². The zero-order chi connectivity index (χ0) is 19.6. The van der Waals surface area contributed by atoms with Crippen LogP contribution in [0.25, 0.3) is 0 Å². The normalized spacial score (nSPS) is 10.8. The molecule has 1 amide bonds. The fourth-order valence-electron chi connectivity index (χ4n) is 1.90. The maximum absolute atomic E-state index is 12.1. The largest absolute Gasteiger partial charge is 0.462 e. The summed E-state index contributed by atoms with van der Waals surface area (Å²) >= 11 is 1.54. The van der Waals surface area contributed by atoms with Crippen LogP contribution in [-0.4, -0.2) is 33.2 Å². The number of rotatable bonds is 8. The van der Waals surface area contributed by atoms with E-state index in [-0.39, 0.29) is 12.2 Å². The molecule has 0 atom stereocenters. The number of carbonyl (C=O) groups is 2. The zero-order valence-electron chi connectivity index (χ0n) is 14.8. The van der Waals surface area contributed by atoms with E-state index in [1.54, 1.807) is 43.2 Å². The summed E-state index contributed by atoms with van der Waals surface area (Å²) in [5.74, 6) is -0.466. The van der Waals surface area contributed by atoms with Crippen molar-refractivity contribution in [3.63, 3.8) is 0 Å². The Morgan fingerprint density at radius 2 is 2.11 bits per heavy atom. The third-order valence-corrected chi connectivity index (χ3v) is 4.38. The van der Waals surface area contributed by atoms with Gasteiger partial charge in [-0.2, -0.15) is 5.26 Å². The second-order valence-corrected chi connectivity index (χ2v) is 6.14. The molecule has 2 N–H and O–H groups in total. The SMILES string of the molecule is CCOC(=O)/C(C#N)=C/NNC(=O)c1ccc(CSc2nncn2C)cc1. The molecule has 10 heteroatoms. The van der Waals surface area contributed by atoms with Crippen LogP contribution in [0.3, 0.4) is 0 Å². The van der Waals surface area contributed by atoms with Gasteiger partial charge in [-0.1, -0.05) is 23.9 Å². The van der Waals surface area contributed by atoms with E-state index < -0.39 is 11.9 Å². The fourth-order valence-corrected chi connectivity index (χ4v) is 2.74. The minimum atomic E-state index is -0.758. The van der Waals surface area contributed by atoms with E-state index in [0.29, 0.717) is 11.3 Å². The summed E-state index contributed by atoms with van der Waals surface area (Å²) in [5, 5.41) is 17.5. The molecular formula is C17H18N6O3S. The van der Waals surface area contributed by atoms with Crippen molar-refractivity contribution in [1.29, 1.82) is 5.26 Å². The quantitative estimate of drug-likeness (QED) is 0.229. The number of aryl methyl sites for hydroxylation is 1. The van der Waals surface area contributed by atoms with Crippen molar-refractivity contribution in [2.45, 2.75) is 17.8 Å². The van der Waals surface area contributed by atoms with E-state index in [1.165, 1.54) is 0 Å². The number of ether oxygens (including phenoxy) is 1. The lowest BCUT2D eigenvalue weighted by Gasteiger charge is -2.06. The molecule has 0 unspecified atom stereocenters. The molecule has 0 aliphatic carbocycles. The van der Waals surface area contributed by atoms with Crippen LogP contribution in [0, 0.1) is 11.3 Å². The topological polar surface area (TPSA) is 122 Å². The Labute approximate surface area is 160 Å². The Hall–Kier alpha value is -3.32. The molecule has 27 heavy (non-hydrogen) atoms. The van der Waals surface area contributed by atoms with Crippen LogP contribution in [0.1, 0.15) is 22.8 Å². The van der Waals surface area contributed by atoms with Gasteiger partial charge in [-0.25, -0.2) is 4.79 Å². The first kappa shape index (κ1) is 20.0. The highest BCUT2D eigenvalue weighted by molar-refractivity contribution is 7.98. The van der Waals surface area contributed by atoms with Crippen LogP contribution in [-0.2, 0) is 22.3 Å². The summed E-state index contributed by atoms with van der Waals surface area (Å²) in [4.78, 5) is 23.5. The van der Waals surface area contributed by atoms with Gasteiger partial charge in [0.05, 0.1) is 6.61 Å². The standard InChI is InChI=1S/C17H18N6O3S/c1-3-26-16(25)14(8-18)9-19-21-15(24)13-6-4-12(5-7-13)10-27-17-22-20-11-23(17)2/h4-7,9,11,19H,3,10H2,1-2H3,(H,21,24)/b14-9+. The van der Waals surface area contributed by atoms with Crippen LogP contribution < -0.4 is 10.9 Å². The van der Waals surface area contributed by atoms with Crippen molar-refractivity contribution >= 4 is 23.6 Å². The first-order valence-corrected chi connectivity index (χ1v) is 8.92. The second-order valence-electron chi connectivity index (χ2n) is 5.20. The number of nitrogens with zero attached hydrogens (tertiary/aromatic N) is 4. The van der Waals surface area contributed by atoms with Gasteiger partial charge < -0.3 is 14.7 Å². The number of benzene rings is 1. The van der Waals surface area contributed by atoms with E-state index in [9.17, 15) is 9.59 Å². The molecule has 0 fully saturated rings. The van der Waals surface area contributed by atoms with Crippen LogP contribution in [0.2, 0.25) is 0 Å². The van der Waals surface area contributed by atoms with E-state index >= 15 is 0 Å². The highest BCUT2D eigenvalue weighted by Crippen LogP contribution is 2.20. The lowest BCUT2D eigenvalue weighted by Crippen LogP contribution is -2.34. The van der Waals surface area contributed by atoms with E-state index in [1.807, 2.05) is 23.7 Å². The van der Waals surface area contributed by atoms with Crippen molar-refractivity contribution in [2.24, 2.45) is 7.05 Å². The molecule has 0 saturated heterocycles. The van der Waals surface area contributed by atoms with Crippen LogP contribution in [0.15, 0.2) is 47.5 Å². The summed E-state index contributed by atoms with van der Waals surface area (Å²) in [6.45, 7) is 1.79. The van der Waals surface area contributed by atoms with Crippen molar-refractivity contribution in [2.75, 3.05) is 6.61 Å². The number of esters is 1. The van der Waals surface area contributed by atoms with Crippen LogP contribution in [0.5, 0.6) is 0 Å². The number of hydrogen-bond acceptors (Lipinski definition) is 8. The zero-order valence-corrected chi connectivity index (χ0v) is 15.6. The molecule has 1 aromatic heterocycles. The summed E-state index contributed by atoms with van der Waals surface area (Å²) in [6, 6.07) is 8.75. The summed E-state index contributed by atoms with van der Waals surface area (Å²) < 4.78 is 6.54. The number of carbonyl (C=O) groups excluding carboxylic acids is 2. The Morgan fingerprint density at radius 3 is 2.70 bits per heavy atom. The molecule has 2 aromatic rings. The maximum Gasteiger partial charge on any atom is 0.350 e. The van der Waals surface area contributed by atoms with E-state index in [4.69, 9.17) is 10.00 Å². The third kappa shape index (κ3) is 5.86. The van der Waals surface area contributed by atoms with Crippen molar-refractivity contribution in [3.8, 4) is 6.07 Å². The molecular weight excluding hydrogens is 368 g/mol. The average molecular weight is 386 g/mol. The summed E-state index contributed by atoms with van der Waals surface area (Å²) in [5.41, 5.74) is 6.04. The molecule has 0 aliphatic heterocycles. The monoisotopic (exact) mass is 386 g/mol. The smallest absolute Gasteiger partial charge is 0.350 e. The number of hydrazine groups is 1. The molecule has 2 rings (SSSR count). The lowest BCUT2D eigenvalue weighted by atomic mass is 10.1. The van der Waals surface area contributed by atoms with Gasteiger partial charge in [-0.15, -0.1) is 10.2 Å². The minimum absolute atomic E-state index is 0.158. The van der Waals surface area contributed by atoms with Crippen molar-refractivity contribution in [1.82, 2.24) is 25.6 Å². The molecule has 140 valence electrons. The predicted molar refractivity (Wildman–Crippen MR) is 97.9 cm³/mol. The van der Waals surface area contributed by atoms with E-state index in [0.717, 1.165) is 16.9 Å². The molecule has 9 nitrogen and oxygen atoms in total. The maximum atomic E-state index is 12.1. The highest BCUT2D eigenvalue weighted by Gasteiger charge is 2.10. The van der Waals surface area contributed by atoms with Gasteiger partial charge in [-0.3, -0.25) is 10.2 Å². The molecule has 0 bridgehead atoms. The number of aromatic nitrogens is 3. The van der Waals surface area contributed by atoms with Gasteiger partial charge in [0.25, 0.3) is 5.91 Å². The van der Waals surface area contributed by atoms with Crippen LogP contribution in [0.4, 0.5) is 0 Å². The molecule has 0 saturated carbocycles. The summed E-state index contributed by atoms with van der Waals surface area (Å²) in [6.07, 6.45) is 2.72. The first-order valence-electron chi connectivity index (χ1n) is 7.94. The third-order valence-electron chi connectivity index (χ3n) is 3.27. The van der Waals surface area contributed by atoms with Gasteiger partial charge in [0.2, 0.25) is 0 Å². The Kier molecular flexibility index (Phi) is 7.39. The average Bonchev–Trinajstić information content (AvgIpc) is 3.09. The summed E-state index contributed by atoms with van der Waals surface area (Å²) in [7, 11) is 1.87. The molecule has 1 aromatic carbocycles. The lowest BCUT2D eigenvalue weighted by molar-refractivity contribution is -0.138. The number of nitrogens with one attached hydrogen (secondary N) is 2. The number of amides is 1. The minimum Gasteiger partial charge on any atom is -0.462 e. The van der Waals surface area contributed by atoms with Gasteiger partial charge in [0.15, 0.2) is 10.7 Å². The highest BCUT2D eigenvalue weighted by atomic mass is 32.2. The van der Waals surface area contributed by atoms with Crippen LogP contribution >= 0.6 is 11.8 Å². The molecule has 0 radical (unpaired) electrons. The number of nitriles is 1. The Bertz CT molecular complexity index is 870. The predicted octanol–water partition coefficient (Wildman–Crippen LogP) is 1.31. The van der Waals surface area contributed by atoms with Gasteiger partial charge in [0, 0.05) is 24.6 Å². The number of thioether (sulfide) groups is 1. The molecule has 0 spiro atoms. The number of hydrogen-bond donors (Lipinski definition) is 2. The van der Waals surface area contributed by atoms with Gasteiger partial charge >= 0.3 is 5.97 Å². The Morgan fingerprint density at radius 1 is 1.37 bits per heavy atom. The van der Waals surface area contributed by atoms with Crippen molar-refractivity contribution in [3.05, 3.63) is 53.5 Å². The fraction of sp³-hybridized carbons (Fsp3) is 0.235. The van der Waals surface area contributed by atoms with Gasteiger partial charge in [-0.05, 0) is 24.6 Å². The molecule has 0 aliphatic rings. The molecule has 1 heterocycles. The Balaban J connectivity index is 1.87. The van der Waals surface area contributed by atoms with E-state index in [2.05, 4.69) is 21.0 Å². The second kappa shape index (κ2) is 9.98.